The van der Waals surface area contributed by atoms with Crippen LogP contribution in [0.25, 0.3) is 0 Å². The molecular weight excluding hydrogens is 280 g/mol. The van der Waals surface area contributed by atoms with E-state index in [4.69, 9.17) is 0 Å². The first-order valence-electron chi connectivity index (χ1n) is 5.57. The van der Waals surface area contributed by atoms with Crippen LogP contribution in [0.5, 0.6) is 0 Å². The van der Waals surface area contributed by atoms with Gasteiger partial charge in [-0.25, -0.2) is 0 Å². The fourth-order valence-electron chi connectivity index (χ4n) is 1.94. The van der Waals surface area contributed by atoms with Crippen molar-refractivity contribution in [3.05, 3.63) is 39.4 Å². The van der Waals surface area contributed by atoms with Gasteiger partial charge < -0.3 is 5.43 Å². The van der Waals surface area contributed by atoms with Gasteiger partial charge in [0.1, 0.15) is 0 Å². The van der Waals surface area contributed by atoms with Crippen molar-refractivity contribution in [2.75, 3.05) is 5.43 Å². The summed E-state index contributed by atoms with van der Waals surface area (Å²) in [7, 11) is 1.96. The van der Waals surface area contributed by atoms with Gasteiger partial charge in [0.15, 0.2) is 0 Å². The highest BCUT2D eigenvalue weighted by molar-refractivity contribution is 9.10. The van der Waals surface area contributed by atoms with E-state index in [2.05, 4.69) is 57.1 Å². The van der Waals surface area contributed by atoms with Crippen molar-refractivity contribution in [1.82, 2.24) is 14.5 Å². The van der Waals surface area contributed by atoms with Gasteiger partial charge in [0.2, 0.25) is 0 Å². The van der Waals surface area contributed by atoms with Crippen LogP contribution in [0.1, 0.15) is 22.8 Å². The molecule has 0 aliphatic carbocycles. The van der Waals surface area contributed by atoms with Crippen LogP contribution in [0.4, 0.5) is 0 Å². The molecule has 2 aromatic heterocycles. The predicted molar refractivity (Wildman–Crippen MR) is 72.6 cm³/mol. The Morgan fingerprint density at radius 2 is 1.82 bits per heavy atom. The van der Waals surface area contributed by atoms with Gasteiger partial charge in [0, 0.05) is 18.4 Å². The third kappa shape index (κ3) is 2.24. The summed E-state index contributed by atoms with van der Waals surface area (Å²) in [6.45, 7) is 6.92. The number of halogens is 1. The minimum Gasteiger partial charge on any atom is -0.320 e. The zero-order valence-corrected chi connectivity index (χ0v) is 12.2. The van der Waals surface area contributed by atoms with E-state index in [9.17, 15) is 0 Å². The highest BCUT2D eigenvalue weighted by atomic mass is 79.9. The van der Waals surface area contributed by atoms with Crippen LogP contribution < -0.4 is 5.43 Å². The lowest BCUT2D eigenvalue weighted by Crippen LogP contribution is -2.18. The lowest BCUT2D eigenvalue weighted by molar-refractivity contribution is 0.685. The van der Waals surface area contributed by atoms with Gasteiger partial charge in [-0.05, 0) is 48.8 Å². The van der Waals surface area contributed by atoms with Crippen molar-refractivity contribution in [2.24, 2.45) is 7.05 Å². The zero-order chi connectivity index (χ0) is 12.6. The minimum atomic E-state index is 0.744. The van der Waals surface area contributed by atoms with E-state index in [0.717, 1.165) is 22.4 Å². The summed E-state index contributed by atoms with van der Waals surface area (Å²) in [6.07, 6.45) is 0. The minimum absolute atomic E-state index is 0.744. The van der Waals surface area contributed by atoms with Gasteiger partial charge in [-0.2, -0.15) is 5.10 Å². The molecule has 4 nitrogen and oxygen atoms in total. The van der Waals surface area contributed by atoms with Crippen molar-refractivity contribution in [3.63, 3.8) is 0 Å². The van der Waals surface area contributed by atoms with Crippen molar-refractivity contribution in [2.45, 2.75) is 27.3 Å². The molecule has 0 bridgehead atoms. The Balaban J connectivity index is 2.18. The highest BCUT2D eigenvalue weighted by Crippen LogP contribution is 2.20. The van der Waals surface area contributed by atoms with Crippen molar-refractivity contribution in [3.8, 4) is 0 Å². The van der Waals surface area contributed by atoms with Gasteiger partial charge >= 0.3 is 0 Å². The maximum atomic E-state index is 4.38. The molecule has 1 N–H and O–H groups in total. The first kappa shape index (κ1) is 12.2. The molecule has 0 atom stereocenters. The molecule has 2 rings (SSSR count). The van der Waals surface area contributed by atoms with Gasteiger partial charge in [-0.15, -0.1) is 0 Å². The van der Waals surface area contributed by atoms with E-state index in [1.165, 1.54) is 11.4 Å². The first-order valence-corrected chi connectivity index (χ1v) is 6.37. The predicted octanol–water partition coefficient (Wildman–Crippen LogP) is 2.65. The number of aryl methyl sites for hydroxylation is 4. The largest absolute Gasteiger partial charge is 0.320 e. The van der Waals surface area contributed by atoms with E-state index in [1.807, 2.05) is 18.7 Å². The Hall–Kier alpha value is -1.23. The Kier molecular flexibility index (Phi) is 3.28. The highest BCUT2D eigenvalue weighted by Gasteiger charge is 2.10. The molecule has 0 aliphatic rings. The summed E-state index contributed by atoms with van der Waals surface area (Å²) in [6, 6.07) is 4.21. The molecule has 0 unspecified atom stereocenters. The molecule has 0 fully saturated rings. The zero-order valence-electron chi connectivity index (χ0n) is 10.6. The normalized spacial score (nSPS) is 10.9. The van der Waals surface area contributed by atoms with Crippen LogP contribution in [-0.4, -0.2) is 14.5 Å². The maximum Gasteiger partial charge on any atom is 0.0744 e. The van der Waals surface area contributed by atoms with Crippen LogP contribution in [-0.2, 0) is 13.6 Å². The third-order valence-electron chi connectivity index (χ3n) is 2.94. The second-order valence-electron chi connectivity index (χ2n) is 4.26. The second kappa shape index (κ2) is 4.56. The third-order valence-corrected chi connectivity index (χ3v) is 3.97. The van der Waals surface area contributed by atoms with E-state index in [0.29, 0.717) is 0 Å². The maximum absolute atomic E-state index is 4.38. The van der Waals surface area contributed by atoms with Gasteiger partial charge in [0.25, 0.3) is 0 Å². The SMILES string of the molecule is Cc1nn(C)c(CNn2c(C)ccc2C)c1Br. The van der Waals surface area contributed by atoms with Crippen LogP contribution in [0, 0.1) is 20.8 Å². The molecule has 0 spiro atoms. The molecule has 0 saturated heterocycles. The van der Waals surface area contributed by atoms with Crippen molar-refractivity contribution in [1.29, 1.82) is 0 Å². The standard InChI is InChI=1S/C12H17BrN4/c1-8-5-6-9(2)17(8)14-7-11-12(13)10(3)15-16(11)4/h5-6,14H,7H2,1-4H3. The fourth-order valence-corrected chi connectivity index (χ4v) is 2.42. The van der Waals surface area contributed by atoms with Crippen LogP contribution in [0.3, 0.4) is 0 Å². The molecule has 0 aromatic carbocycles. The van der Waals surface area contributed by atoms with Gasteiger partial charge in [0.05, 0.1) is 22.4 Å². The quantitative estimate of drug-likeness (QED) is 0.945. The van der Waals surface area contributed by atoms with E-state index in [-0.39, 0.29) is 0 Å². The van der Waals surface area contributed by atoms with Crippen molar-refractivity contribution < 1.29 is 0 Å². The van der Waals surface area contributed by atoms with Gasteiger partial charge in [-0.1, -0.05) is 0 Å². The molecule has 0 saturated carbocycles. The van der Waals surface area contributed by atoms with E-state index >= 15 is 0 Å². The number of hydrogen-bond donors (Lipinski definition) is 1. The summed E-state index contributed by atoms with van der Waals surface area (Å²) in [4.78, 5) is 0. The first-order chi connectivity index (χ1) is 8.00. The van der Waals surface area contributed by atoms with Crippen molar-refractivity contribution >= 4 is 15.9 Å². The Labute approximate surface area is 110 Å². The second-order valence-corrected chi connectivity index (χ2v) is 5.05. The topological polar surface area (TPSA) is 34.8 Å². The molecule has 2 heterocycles. The molecule has 92 valence electrons. The van der Waals surface area contributed by atoms with Crippen LogP contribution in [0.2, 0.25) is 0 Å². The molecule has 0 radical (unpaired) electrons. The smallest absolute Gasteiger partial charge is 0.0744 e. The van der Waals surface area contributed by atoms with Crippen LogP contribution >= 0.6 is 15.9 Å². The molecule has 0 amide bonds. The fraction of sp³-hybridized carbons (Fsp3) is 0.417. The molecule has 5 heteroatoms. The summed E-state index contributed by atoms with van der Waals surface area (Å²) in [5.74, 6) is 0. The molecular formula is C12H17BrN4. The number of nitrogens with zero attached hydrogens (tertiary/aromatic N) is 3. The van der Waals surface area contributed by atoms with Crippen LogP contribution in [0.15, 0.2) is 16.6 Å². The Morgan fingerprint density at radius 1 is 1.24 bits per heavy atom. The van der Waals surface area contributed by atoms with E-state index in [1.54, 1.807) is 0 Å². The van der Waals surface area contributed by atoms with E-state index < -0.39 is 0 Å². The average molecular weight is 297 g/mol. The number of nitrogens with one attached hydrogen (secondary N) is 1. The molecule has 17 heavy (non-hydrogen) atoms. The Morgan fingerprint density at radius 3 is 2.29 bits per heavy atom. The monoisotopic (exact) mass is 296 g/mol. The van der Waals surface area contributed by atoms with Gasteiger partial charge in [-0.3, -0.25) is 9.36 Å². The number of aromatic nitrogens is 3. The number of rotatable bonds is 3. The molecule has 2 aromatic rings. The Bertz CT molecular complexity index is 519. The average Bonchev–Trinajstić information content (AvgIpc) is 2.70. The lowest BCUT2D eigenvalue weighted by atomic mass is 10.4. The lowest BCUT2D eigenvalue weighted by Gasteiger charge is -2.13. The summed E-state index contributed by atoms with van der Waals surface area (Å²) < 4.78 is 5.07. The molecule has 0 aliphatic heterocycles. The summed E-state index contributed by atoms with van der Waals surface area (Å²) >= 11 is 3.57. The summed E-state index contributed by atoms with van der Waals surface area (Å²) in [5, 5.41) is 4.38. The summed E-state index contributed by atoms with van der Waals surface area (Å²) in [5.41, 5.74) is 7.98. The number of hydrogen-bond acceptors (Lipinski definition) is 2.